The highest BCUT2D eigenvalue weighted by Crippen LogP contribution is 2.24. The summed E-state index contributed by atoms with van der Waals surface area (Å²) in [6.07, 6.45) is 6.34. The molecule has 1 fully saturated rings. The second kappa shape index (κ2) is 9.73. The van der Waals surface area contributed by atoms with Crippen molar-refractivity contribution in [2.24, 2.45) is 0 Å². The minimum absolute atomic E-state index is 0.114. The van der Waals surface area contributed by atoms with E-state index in [1.165, 1.54) is 12.8 Å². The normalized spacial score (nSPS) is 13.8. The molecule has 7 nitrogen and oxygen atoms in total. The second-order valence-corrected chi connectivity index (χ2v) is 6.95. The Morgan fingerprint density at radius 3 is 2.75 bits per heavy atom. The van der Waals surface area contributed by atoms with Crippen LogP contribution in [0.3, 0.4) is 0 Å². The van der Waals surface area contributed by atoms with E-state index < -0.39 is 6.03 Å². The van der Waals surface area contributed by atoms with Crippen LogP contribution >= 0.6 is 0 Å². The molecule has 0 radical (unpaired) electrons. The highest BCUT2D eigenvalue weighted by atomic mass is 16.5. The monoisotopic (exact) mass is 382 g/mol. The zero-order valence-electron chi connectivity index (χ0n) is 16.0. The molecule has 0 spiro atoms. The molecule has 3 rings (SSSR count). The summed E-state index contributed by atoms with van der Waals surface area (Å²) in [6, 6.07) is 10.7. The van der Waals surface area contributed by atoms with Gasteiger partial charge in [-0.2, -0.15) is 0 Å². The van der Waals surface area contributed by atoms with Crippen LogP contribution in [-0.2, 0) is 11.3 Å². The molecule has 7 heteroatoms. The number of nitrogens with one attached hydrogen (secondary N) is 3. The van der Waals surface area contributed by atoms with Crippen molar-refractivity contribution in [3.63, 3.8) is 0 Å². The summed E-state index contributed by atoms with van der Waals surface area (Å²) in [5.41, 5.74) is 2.55. The summed E-state index contributed by atoms with van der Waals surface area (Å²) in [5, 5.41) is 8.04. The van der Waals surface area contributed by atoms with E-state index in [4.69, 9.17) is 4.74 Å². The van der Waals surface area contributed by atoms with Crippen molar-refractivity contribution < 1.29 is 14.3 Å². The number of anilines is 1. The zero-order valence-corrected chi connectivity index (χ0v) is 16.0. The predicted molar refractivity (Wildman–Crippen MR) is 107 cm³/mol. The number of nitrogens with zero attached hydrogens (tertiary/aromatic N) is 1. The lowest BCUT2D eigenvalue weighted by Gasteiger charge is -2.15. The molecule has 1 aromatic heterocycles. The van der Waals surface area contributed by atoms with Gasteiger partial charge in [-0.25, -0.2) is 9.78 Å². The maximum Gasteiger partial charge on any atom is 0.319 e. The molecule has 28 heavy (non-hydrogen) atoms. The number of carbonyl (C=O) groups is 2. The fourth-order valence-corrected chi connectivity index (χ4v) is 3.14. The summed E-state index contributed by atoms with van der Waals surface area (Å²) in [4.78, 5) is 28.3. The van der Waals surface area contributed by atoms with Crippen molar-refractivity contribution in [2.45, 2.75) is 45.3 Å². The Morgan fingerprint density at radius 2 is 1.96 bits per heavy atom. The molecule has 0 unspecified atom stereocenters. The summed E-state index contributed by atoms with van der Waals surface area (Å²) in [6.45, 7) is 2.13. The third-order valence-electron chi connectivity index (χ3n) is 4.59. The van der Waals surface area contributed by atoms with Crippen LogP contribution in [0.2, 0.25) is 0 Å². The van der Waals surface area contributed by atoms with Gasteiger partial charge in [0.1, 0.15) is 6.10 Å². The van der Waals surface area contributed by atoms with Crippen molar-refractivity contribution in [3.05, 3.63) is 53.7 Å². The summed E-state index contributed by atoms with van der Waals surface area (Å²) in [5.74, 6) is 0.287. The van der Waals surface area contributed by atoms with E-state index >= 15 is 0 Å². The molecule has 1 aromatic carbocycles. The van der Waals surface area contributed by atoms with Crippen molar-refractivity contribution in [3.8, 4) is 5.88 Å². The zero-order chi connectivity index (χ0) is 19.8. The van der Waals surface area contributed by atoms with Crippen LogP contribution in [0.1, 0.15) is 36.8 Å². The number of pyridine rings is 1. The third-order valence-corrected chi connectivity index (χ3v) is 4.59. The number of amides is 3. The minimum Gasteiger partial charge on any atom is -0.474 e. The summed E-state index contributed by atoms with van der Waals surface area (Å²) >= 11 is 0. The van der Waals surface area contributed by atoms with E-state index in [0.717, 1.165) is 24.0 Å². The fourth-order valence-electron chi connectivity index (χ4n) is 3.14. The molecular formula is C21H26N4O3. The van der Waals surface area contributed by atoms with Crippen molar-refractivity contribution >= 4 is 17.6 Å². The van der Waals surface area contributed by atoms with Gasteiger partial charge >= 0.3 is 6.03 Å². The molecule has 1 aliphatic rings. The Balaban J connectivity index is 1.43. The molecule has 1 aliphatic carbocycles. The molecule has 148 valence electrons. The highest BCUT2D eigenvalue weighted by molar-refractivity contribution is 5.92. The van der Waals surface area contributed by atoms with E-state index in [0.29, 0.717) is 18.1 Å². The molecule has 3 amide bonds. The molecule has 0 bridgehead atoms. The fraction of sp³-hybridized carbons (Fsp3) is 0.381. The number of hydrogen-bond acceptors (Lipinski definition) is 4. The molecular weight excluding hydrogens is 356 g/mol. The van der Waals surface area contributed by atoms with Gasteiger partial charge in [-0.1, -0.05) is 18.2 Å². The van der Waals surface area contributed by atoms with Crippen LogP contribution in [0, 0.1) is 6.92 Å². The van der Waals surface area contributed by atoms with Crippen molar-refractivity contribution in [2.75, 3.05) is 11.9 Å². The number of hydrogen-bond donors (Lipinski definition) is 3. The summed E-state index contributed by atoms with van der Waals surface area (Å²) in [7, 11) is 0. The SMILES string of the molecule is Cc1cccc(NC(=O)NCC(=O)NCc2cccnc2OC2CCCC2)c1. The number of rotatable bonds is 7. The lowest BCUT2D eigenvalue weighted by Crippen LogP contribution is -2.38. The lowest BCUT2D eigenvalue weighted by molar-refractivity contribution is -0.120. The van der Waals surface area contributed by atoms with E-state index in [1.54, 1.807) is 12.3 Å². The first kappa shape index (κ1) is 19.7. The van der Waals surface area contributed by atoms with Gasteiger partial charge in [0.05, 0.1) is 6.54 Å². The largest absolute Gasteiger partial charge is 0.474 e. The Hall–Kier alpha value is -3.09. The van der Waals surface area contributed by atoms with Gasteiger partial charge in [0.2, 0.25) is 11.8 Å². The van der Waals surface area contributed by atoms with E-state index in [1.807, 2.05) is 37.3 Å². The van der Waals surface area contributed by atoms with Crippen LogP contribution < -0.4 is 20.7 Å². The number of benzene rings is 1. The van der Waals surface area contributed by atoms with Gasteiger partial charge in [-0.05, 0) is 56.4 Å². The van der Waals surface area contributed by atoms with Crippen LogP contribution in [0.25, 0.3) is 0 Å². The lowest BCUT2D eigenvalue weighted by atomic mass is 10.2. The van der Waals surface area contributed by atoms with Crippen LogP contribution in [0.15, 0.2) is 42.6 Å². The number of urea groups is 1. The van der Waals surface area contributed by atoms with Crippen LogP contribution in [0.4, 0.5) is 10.5 Å². The molecule has 0 aliphatic heterocycles. The smallest absolute Gasteiger partial charge is 0.319 e. The van der Waals surface area contributed by atoms with E-state index in [9.17, 15) is 9.59 Å². The second-order valence-electron chi connectivity index (χ2n) is 6.95. The van der Waals surface area contributed by atoms with Gasteiger partial charge in [-0.3, -0.25) is 4.79 Å². The van der Waals surface area contributed by atoms with Crippen molar-refractivity contribution in [1.29, 1.82) is 0 Å². The number of aryl methyl sites for hydroxylation is 1. The van der Waals surface area contributed by atoms with Crippen molar-refractivity contribution in [1.82, 2.24) is 15.6 Å². The topological polar surface area (TPSA) is 92.4 Å². The first-order chi connectivity index (χ1) is 13.6. The standard InChI is InChI=1S/C21H26N4O3/c1-15-6-4-8-17(12-15)25-21(27)24-14-19(26)23-13-16-7-5-11-22-20(16)28-18-9-2-3-10-18/h4-8,11-12,18H,2-3,9-10,13-14H2,1H3,(H,23,26)(H2,24,25,27). The quantitative estimate of drug-likeness (QED) is 0.686. The van der Waals surface area contributed by atoms with E-state index in [-0.39, 0.29) is 18.6 Å². The van der Waals surface area contributed by atoms with Gasteiger partial charge in [0, 0.05) is 24.0 Å². The average molecular weight is 382 g/mol. The Labute approximate surface area is 164 Å². The maximum atomic E-state index is 12.1. The molecule has 1 heterocycles. The summed E-state index contributed by atoms with van der Waals surface area (Å²) < 4.78 is 5.97. The molecule has 2 aromatic rings. The Kier molecular flexibility index (Phi) is 6.84. The Bertz CT molecular complexity index is 819. The highest BCUT2D eigenvalue weighted by Gasteiger charge is 2.18. The van der Waals surface area contributed by atoms with Crippen LogP contribution in [-0.4, -0.2) is 29.6 Å². The third kappa shape index (κ3) is 5.97. The average Bonchev–Trinajstić information content (AvgIpc) is 3.19. The minimum atomic E-state index is -0.424. The first-order valence-corrected chi connectivity index (χ1v) is 9.59. The van der Waals surface area contributed by atoms with Crippen LogP contribution in [0.5, 0.6) is 5.88 Å². The first-order valence-electron chi connectivity index (χ1n) is 9.59. The van der Waals surface area contributed by atoms with Gasteiger partial charge in [0.25, 0.3) is 0 Å². The number of carbonyl (C=O) groups excluding carboxylic acids is 2. The van der Waals surface area contributed by atoms with Gasteiger partial charge < -0.3 is 20.7 Å². The Morgan fingerprint density at radius 1 is 1.14 bits per heavy atom. The number of ether oxygens (including phenoxy) is 1. The van der Waals surface area contributed by atoms with Gasteiger partial charge in [0.15, 0.2) is 0 Å². The molecule has 1 saturated carbocycles. The molecule has 0 saturated heterocycles. The molecule has 0 atom stereocenters. The van der Waals surface area contributed by atoms with E-state index in [2.05, 4.69) is 20.9 Å². The maximum absolute atomic E-state index is 12.1. The molecule has 3 N–H and O–H groups in total. The number of aromatic nitrogens is 1. The van der Waals surface area contributed by atoms with Gasteiger partial charge in [-0.15, -0.1) is 0 Å². The predicted octanol–water partition coefficient (Wildman–Crippen LogP) is 3.15.